The summed E-state index contributed by atoms with van der Waals surface area (Å²) in [4.78, 5) is 0. The zero-order valence-electron chi connectivity index (χ0n) is 10.6. The number of aliphatic hydroxyl groups excluding tert-OH is 1. The second kappa shape index (κ2) is 9.17. The highest BCUT2D eigenvalue weighted by atomic mass is 31.2. The Balaban J connectivity index is 4.06. The molecule has 0 bridgehead atoms. The lowest BCUT2D eigenvalue weighted by Gasteiger charge is -2.22. The van der Waals surface area contributed by atoms with Crippen LogP contribution in [0.15, 0.2) is 0 Å². The predicted molar refractivity (Wildman–Crippen MR) is 65.6 cm³/mol. The van der Waals surface area contributed by atoms with Crippen molar-refractivity contribution < 1.29 is 18.7 Å². The average molecular weight is 252 g/mol. The molecule has 5 heteroatoms. The van der Waals surface area contributed by atoms with Crippen molar-refractivity contribution in [2.75, 3.05) is 13.2 Å². The minimum atomic E-state index is -3.30. The van der Waals surface area contributed by atoms with Crippen LogP contribution in [0.25, 0.3) is 0 Å². The lowest BCUT2D eigenvalue weighted by atomic mass is 10.2. The first-order valence-corrected chi connectivity index (χ1v) is 7.78. The van der Waals surface area contributed by atoms with Gasteiger partial charge in [0, 0.05) is 0 Å². The molecule has 0 aliphatic heterocycles. The van der Waals surface area contributed by atoms with Crippen LogP contribution in [0, 0.1) is 0 Å². The van der Waals surface area contributed by atoms with Crippen LogP contribution in [0.4, 0.5) is 0 Å². The molecule has 0 radical (unpaired) electrons. The molecular formula is C11H25O4P. The molecule has 0 rings (SSSR count). The summed E-state index contributed by atoms with van der Waals surface area (Å²) in [5.41, 5.74) is 0. The fourth-order valence-electron chi connectivity index (χ4n) is 1.48. The standard InChI is InChI=1S/C11H25O4P/c1-4-7-8-9-10-11(12)16(13,14-5-2)15-6-3/h11-12H,4-10H2,1-3H3. The molecule has 0 aromatic rings. The summed E-state index contributed by atoms with van der Waals surface area (Å²) in [7, 11) is -3.30. The quantitative estimate of drug-likeness (QED) is 0.477. The van der Waals surface area contributed by atoms with Crippen LogP contribution >= 0.6 is 7.60 Å². The molecule has 0 fully saturated rings. The smallest absolute Gasteiger partial charge is 0.358 e. The van der Waals surface area contributed by atoms with Gasteiger partial charge >= 0.3 is 7.60 Å². The van der Waals surface area contributed by atoms with Crippen LogP contribution in [0.5, 0.6) is 0 Å². The summed E-state index contributed by atoms with van der Waals surface area (Å²) >= 11 is 0. The van der Waals surface area contributed by atoms with Gasteiger partial charge < -0.3 is 14.2 Å². The molecular weight excluding hydrogens is 227 g/mol. The van der Waals surface area contributed by atoms with Gasteiger partial charge in [-0.1, -0.05) is 32.6 Å². The van der Waals surface area contributed by atoms with Gasteiger partial charge in [-0.15, -0.1) is 0 Å². The summed E-state index contributed by atoms with van der Waals surface area (Å²) in [6.45, 7) is 6.21. The minimum Gasteiger partial charge on any atom is -0.380 e. The fraction of sp³-hybridized carbons (Fsp3) is 1.00. The molecule has 1 unspecified atom stereocenters. The zero-order chi connectivity index (χ0) is 12.4. The van der Waals surface area contributed by atoms with Gasteiger partial charge in [-0.2, -0.15) is 0 Å². The SMILES string of the molecule is CCCCCCC(O)P(=O)(OCC)OCC. The van der Waals surface area contributed by atoms with Crippen LogP contribution in [0.3, 0.4) is 0 Å². The molecule has 0 spiro atoms. The van der Waals surface area contributed by atoms with Crippen molar-refractivity contribution in [1.29, 1.82) is 0 Å². The molecule has 1 N–H and O–H groups in total. The molecule has 0 saturated carbocycles. The first-order valence-electron chi connectivity index (χ1n) is 6.17. The van der Waals surface area contributed by atoms with Crippen LogP contribution in [-0.4, -0.2) is 24.2 Å². The van der Waals surface area contributed by atoms with Crippen LogP contribution in [0.2, 0.25) is 0 Å². The van der Waals surface area contributed by atoms with Crippen molar-refractivity contribution in [3.63, 3.8) is 0 Å². The van der Waals surface area contributed by atoms with E-state index < -0.39 is 13.4 Å². The second-order valence-electron chi connectivity index (χ2n) is 3.71. The van der Waals surface area contributed by atoms with E-state index >= 15 is 0 Å². The van der Waals surface area contributed by atoms with E-state index in [2.05, 4.69) is 6.92 Å². The molecule has 1 atom stereocenters. The van der Waals surface area contributed by atoms with Crippen molar-refractivity contribution in [1.82, 2.24) is 0 Å². The average Bonchev–Trinajstić information content (AvgIpc) is 2.24. The molecule has 0 aromatic carbocycles. The number of rotatable bonds is 10. The number of unbranched alkanes of at least 4 members (excludes halogenated alkanes) is 3. The van der Waals surface area contributed by atoms with E-state index in [1.165, 1.54) is 0 Å². The maximum absolute atomic E-state index is 12.1. The first-order chi connectivity index (χ1) is 7.60. The summed E-state index contributed by atoms with van der Waals surface area (Å²) in [6.07, 6.45) is 4.67. The van der Waals surface area contributed by atoms with Crippen molar-refractivity contribution >= 4 is 7.60 Å². The number of aliphatic hydroxyl groups is 1. The molecule has 4 nitrogen and oxygen atoms in total. The minimum absolute atomic E-state index is 0.295. The molecule has 0 aliphatic carbocycles. The maximum Gasteiger partial charge on any atom is 0.358 e. The Morgan fingerprint density at radius 1 is 1.06 bits per heavy atom. The Morgan fingerprint density at radius 2 is 1.62 bits per heavy atom. The van der Waals surface area contributed by atoms with Gasteiger partial charge in [-0.3, -0.25) is 4.57 Å². The van der Waals surface area contributed by atoms with Gasteiger partial charge in [-0.05, 0) is 20.3 Å². The third-order valence-electron chi connectivity index (χ3n) is 2.30. The van der Waals surface area contributed by atoms with Gasteiger partial charge in [0.15, 0.2) is 5.85 Å². The van der Waals surface area contributed by atoms with Gasteiger partial charge in [-0.25, -0.2) is 0 Å². The Labute approximate surface area is 98.9 Å². The zero-order valence-corrected chi connectivity index (χ0v) is 11.5. The lowest BCUT2D eigenvalue weighted by Crippen LogP contribution is -2.12. The first kappa shape index (κ1) is 16.1. The van der Waals surface area contributed by atoms with Gasteiger partial charge in [0.2, 0.25) is 0 Å². The second-order valence-corrected chi connectivity index (χ2v) is 5.90. The van der Waals surface area contributed by atoms with Crippen LogP contribution in [0.1, 0.15) is 52.9 Å². The molecule has 98 valence electrons. The van der Waals surface area contributed by atoms with Gasteiger partial charge in [0.05, 0.1) is 13.2 Å². The van der Waals surface area contributed by atoms with Crippen LogP contribution < -0.4 is 0 Å². The summed E-state index contributed by atoms with van der Waals surface area (Å²) in [5, 5.41) is 9.82. The van der Waals surface area contributed by atoms with Crippen molar-refractivity contribution in [2.24, 2.45) is 0 Å². The molecule has 16 heavy (non-hydrogen) atoms. The fourth-order valence-corrected chi connectivity index (χ4v) is 3.12. The lowest BCUT2D eigenvalue weighted by molar-refractivity contribution is 0.142. The summed E-state index contributed by atoms with van der Waals surface area (Å²) in [5.74, 6) is -0.982. The van der Waals surface area contributed by atoms with Crippen molar-refractivity contribution in [2.45, 2.75) is 58.7 Å². The number of hydrogen-bond donors (Lipinski definition) is 1. The highest BCUT2D eigenvalue weighted by Crippen LogP contribution is 2.53. The predicted octanol–water partition coefficient (Wildman–Crippen LogP) is 3.54. The van der Waals surface area contributed by atoms with Gasteiger partial charge in [0.25, 0.3) is 0 Å². The summed E-state index contributed by atoms with van der Waals surface area (Å²) < 4.78 is 22.2. The monoisotopic (exact) mass is 252 g/mol. The molecule has 0 saturated heterocycles. The van der Waals surface area contributed by atoms with E-state index in [0.717, 1.165) is 25.7 Å². The third kappa shape index (κ3) is 6.00. The molecule has 0 amide bonds. The Morgan fingerprint density at radius 3 is 2.06 bits per heavy atom. The Hall–Kier alpha value is 0.110. The summed E-state index contributed by atoms with van der Waals surface area (Å²) in [6, 6.07) is 0. The van der Waals surface area contributed by atoms with E-state index in [1.54, 1.807) is 13.8 Å². The van der Waals surface area contributed by atoms with Gasteiger partial charge in [0.1, 0.15) is 0 Å². The van der Waals surface area contributed by atoms with E-state index in [4.69, 9.17) is 9.05 Å². The van der Waals surface area contributed by atoms with Crippen molar-refractivity contribution in [3.8, 4) is 0 Å². The van der Waals surface area contributed by atoms with E-state index in [-0.39, 0.29) is 0 Å². The van der Waals surface area contributed by atoms with E-state index in [9.17, 15) is 9.67 Å². The molecule has 0 heterocycles. The van der Waals surface area contributed by atoms with E-state index in [0.29, 0.717) is 19.6 Å². The molecule has 0 aliphatic rings. The highest BCUT2D eigenvalue weighted by molar-refractivity contribution is 7.54. The van der Waals surface area contributed by atoms with Crippen molar-refractivity contribution in [3.05, 3.63) is 0 Å². The number of hydrogen-bond acceptors (Lipinski definition) is 4. The topological polar surface area (TPSA) is 55.8 Å². The Kier molecular flexibility index (Phi) is 9.24. The molecule has 0 aromatic heterocycles. The largest absolute Gasteiger partial charge is 0.380 e. The maximum atomic E-state index is 12.1. The third-order valence-corrected chi connectivity index (χ3v) is 4.52. The van der Waals surface area contributed by atoms with Crippen LogP contribution in [-0.2, 0) is 13.6 Å². The highest BCUT2D eigenvalue weighted by Gasteiger charge is 2.33. The van der Waals surface area contributed by atoms with E-state index in [1.807, 2.05) is 0 Å². The normalized spacial score (nSPS) is 14.0. The Bertz CT molecular complexity index is 198.